The molecule has 2 rings (SSSR count). The molecule has 0 spiro atoms. The van der Waals surface area contributed by atoms with Crippen LogP contribution < -0.4 is 0 Å². The molecule has 1 aromatic rings. The van der Waals surface area contributed by atoms with Gasteiger partial charge in [0.25, 0.3) is 0 Å². The Bertz CT molecular complexity index is 307. The maximum atomic E-state index is 5.72. The Labute approximate surface area is 109 Å². The highest BCUT2D eigenvalue weighted by Gasteiger charge is 2.15. The first-order chi connectivity index (χ1) is 8.38. The third-order valence-corrected chi connectivity index (χ3v) is 3.59. The van der Waals surface area contributed by atoms with Crippen LogP contribution in [0.3, 0.4) is 0 Å². The number of hydrogen-bond donors (Lipinski definition) is 0. The van der Waals surface area contributed by atoms with Crippen molar-refractivity contribution < 1.29 is 0 Å². The Morgan fingerprint density at radius 2 is 1.59 bits per heavy atom. The number of halogens is 1. The highest BCUT2D eigenvalue weighted by Crippen LogP contribution is 2.08. The lowest BCUT2D eigenvalue weighted by Gasteiger charge is -2.34. The quantitative estimate of drug-likeness (QED) is 0.743. The Hall–Kier alpha value is -0.570. The molecule has 1 heterocycles. The summed E-state index contributed by atoms with van der Waals surface area (Å²) >= 11 is 5.72. The second-order valence-electron chi connectivity index (χ2n) is 4.65. The van der Waals surface area contributed by atoms with Crippen LogP contribution in [0.1, 0.15) is 12.0 Å². The van der Waals surface area contributed by atoms with Gasteiger partial charge in [-0.1, -0.05) is 30.3 Å². The first-order valence-electron chi connectivity index (χ1n) is 6.43. The van der Waals surface area contributed by atoms with Crippen LogP contribution in [-0.4, -0.2) is 48.4 Å². The summed E-state index contributed by atoms with van der Waals surface area (Å²) in [6, 6.07) is 10.7. The zero-order valence-electron chi connectivity index (χ0n) is 10.3. The molecule has 1 aromatic carbocycles. The van der Waals surface area contributed by atoms with Gasteiger partial charge in [-0.05, 0) is 18.5 Å². The largest absolute Gasteiger partial charge is 0.301 e. The van der Waals surface area contributed by atoms with Gasteiger partial charge in [0.1, 0.15) is 0 Å². The third kappa shape index (κ3) is 4.30. The van der Waals surface area contributed by atoms with E-state index in [0.717, 1.165) is 25.4 Å². The van der Waals surface area contributed by atoms with Crippen molar-refractivity contribution in [3.8, 4) is 0 Å². The standard InChI is InChI=1S/C14H21ClN2/c15-7-4-8-16-9-11-17(12-10-16)13-14-5-2-1-3-6-14/h1-3,5-6H,4,7-13H2. The van der Waals surface area contributed by atoms with Crippen molar-refractivity contribution in [3.05, 3.63) is 35.9 Å². The van der Waals surface area contributed by atoms with E-state index in [4.69, 9.17) is 11.6 Å². The minimum Gasteiger partial charge on any atom is -0.301 e. The molecule has 0 bridgehead atoms. The monoisotopic (exact) mass is 252 g/mol. The number of hydrogen-bond acceptors (Lipinski definition) is 2. The van der Waals surface area contributed by atoms with E-state index in [1.54, 1.807) is 0 Å². The van der Waals surface area contributed by atoms with Crippen LogP contribution >= 0.6 is 11.6 Å². The van der Waals surface area contributed by atoms with E-state index in [-0.39, 0.29) is 0 Å². The molecule has 0 atom stereocenters. The summed E-state index contributed by atoms with van der Waals surface area (Å²) in [5.41, 5.74) is 1.42. The van der Waals surface area contributed by atoms with E-state index in [1.807, 2.05) is 0 Å². The summed E-state index contributed by atoms with van der Waals surface area (Å²) in [7, 11) is 0. The summed E-state index contributed by atoms with van der Waals surface area (Å²) in [6.07, 6.45) is 1.11. The van der Waals surface area contributed by atoms with E-state index >= 15 is 0 Å². The van der Waals surface area contributed by atoms with Crippen LogP contribution in [0, 0.1) is 0 Å². The molecule has 1 saturated heterocycles. The lowest BCUT2D eigenvalue weighted by Crippen LogP contribution is -2.46. The molecule has 0 amide bonds. The van der Waals surface area contributed by atoms with Crippen molar-refractivity contribution in [2.45, 2.75) is 13.0 Å². The van der Waals surface area contributed by atoms with Gasteiger partial charge in [-0.25, -0.2) is 0 Å². The SMILES string of the molecule is ClCCCN1CCN(Cc2ccccc2)CC1. The van der Waals surface area contributed by atoms with Crippen LogP contribution in [-0.2, 0) is 6.54 Å². The minimum atomic E-state index is 0.782. The number of benzene rings is 1. The first-order valence-corrected chi connectivity index (χ1v) is 6.96. The molecule has 3 heteroatoms. The topological polar surface area (TPSA) is 6.48 Å². The average Bonchev–Trinajstić information content (AvgIpc) is 2.39. The minimum absolute atomic E-state index is 0.782. The maximum absolute atomic E-state index is 5.72. The molecule has 0 unspecified atom stereocenters. The Morgan fingerprint density at radius 3 is 2.24 bits per heavy atom. The molecule has 0 N–H and O–H groups in total. The number of nitrogens with zero attached hydrogens (tertiary/aromatic N) is 2. The zero-order chi connectivity index (χ0) is 11.9. The summed E-state index contributed by atoms with van der Waals surface area (Å²) in [5.74, 6) is 0.782. The molecule has 2 nitrogen and oxygen atoms in total. The van der Waals surface area contributed by atoms with Crippen molar-refractivity contribution in [2.75, 3.05) is 38.6 Å². The number of alkyl halides is 1. The summed E-state index contributed by atoms with van der Waals surface area (Å²) in [5, 5.41) is 0. The van der Waals surface area contributed by atoms with E-state index < -0.39 is 0 Å². The van der Waals surface area contributed by atoms with Crippen LogP contribution in [0.5, 0.6) is 0 Å². The van der Waals surface area contributed by atoms with Crippen LogP contribution in [0.4, 0.5) is 0 Å². The van der Waals surface area contributed by atoms with E-state index in [1.165, 1.54) is 31.7 Å². The predicted octanol–water partition coefficient (Wildman–Crippen LogP) is 2.43. The summed E-state index contributed by atoms with van der Waals surface area (Å²) in [4.78, 5) is 5.05. The maximum Gasteiger partial charge on any atom is 0.0235 e. The van der Waals surface area contributed by atoms with Crippen LogP contribution in [0.25, 0.3) is 0 Å². The van der Waals surface area contributed by atoms with Gasteiger partial charge in [-0.15, -0.1) is 11.6 Å². The second kappa shape index (κ2) is 7.00. The molecule has 0 aliphatic carbocycles. The molecule has 94 valence electrons. The molecule has 17 heavy (non-hydrogen) atoms. The Morgan fingerprint density at radius 1 is 0.941 bits per heavy atom. The normalized spacial score (nSPS) is 18.4. The fourth-order valence-electron chi connectivity index (χ4n) is 2.30. The van der Waals surface area contributed by atoms with Crippen molar-refractivity contribution in [1.82, 2.24) is 9.80 Å². The molecule has 0 saturated carbocycles. The first kappa shape index (κ1) is 12.9. The smallest absolute Gasteiger partial charge is 0.0235 e. The van der Waals surface area contributed by atoms with Crippen molar-refractivity contribution in [2.24, 2.45) is 0 Å². The van der Waals surface area contributed by atoms with E-state index in [0.29, 0.717) is 0 Å². The fraction of sp³-hybridized carbons (Fsp3) is 0.571. The molecule has 0 radical (unpaired) electrons. The molecule has 1 aliphatic heterocycles. The molecule has 1 fully saturated rings. The van der Waals surface area contributed by atoms with Gasteiger partial charge < -0.3 is 4.90 Å². The van der Waals surface area contributed by atoms with Crippen molar-refractivity contribution in [3.63, 3.8) is 0 Å². The summed E-state index contributed by atoms with van der Waals surface area (Å²) < 4.78 is 0. The van der Waals surface area contributed by atoms with Crippen LogP contribution in [0.2, 0.25) is 0 Å². The average molecular weight is 253 g/mol. The molecule has 0 aromatic heterocycles. The second-order valence-corrected chi connectivity index (χ2v) is 5.02. The van der Waals surface area contributed by atoms with Crippen molar-refractivity contribution >= 4 is 11.6 Å². The highest BCUT2D eigenvalue weighted by atomic mass is 35.5. The van der Waals surface area contributed by atoms with Gasteiger partial charge >= 0.3 is 0 Å². The van der Waals surface area contributed by atoms with Gasteiger partial charge in [0.05, 0.1) is 0 Å². The van der Waals surface area contributed by atoms with Gasteiger partial charge in [0.15, 0.2) is 0 Å². The molecular formula is C14H21ClN2. The van der Waals surface area contributed by atoms with Gasteiger partial charge in [-0.2, -0.15) is 0 Å². The highest BCUT2D eigenvalue weighted by molar-refractivity contribution is 6.17. The molecule has 1 aliphatic rings. The van der Waals surface area contributed by atoms with E-state index in [2.05, 4.69) is 40.1 Å². The Balaban J connectivity index is 1.72. The fourth-order valence-corrected chi connectivity index (χ4v) is 2.42. The van der Waals surface area contributed by atoms with E-state index in [9.17, 15) is 0 Å². The number of piperazine rings is 1. The predicted molar refractivity (Wildman–Crippen MR) is 73.5 cm³/mol. The molecular weight excluding hydrogens is 232 g/mol. The number of rotatable bonds is 5. The Kier molecular flexibility index (Phi) is 5.30. The lowest BCUT2D eigenvalue weighted by atomic mass is 10.2. The van der Waals surface area contributed by atoms with Gasteiger partial charge in [-0.3, -0.25) is 4.90 Å². The third-order valence-electron chi connectivity index (χ3n) is 3.32. The van der Waals surface area contributed by atoms with Crippen molar-refractivity contribution in [1.29, 1.82) is 0 Å². The van der Waals surface area contributed by atoms with Gasteiger partial charge in [0, 0.05) is 38.6 Å². The zero-order valence-corrected chi connectivity index (χ0v) is 11.1. The van der Waals surface area contributed by atoms with Gasteiger partial charge in [0.2, 0.25) is 0 Å². The lowest BCUT2D eigenvalue weighted by molar-refractivity contribution is 0.127. The summed E-state index contributed by atoms with van der Waals surface area (Å²) in [6.45, 7) is 6.97. The van der Waals surface area contributed by atoms with Crippen LogP contribution in [0.15, 0.2) is 30.3 Å².